The Morgan fingerprint density at radius 2 is 1.96 bits per heavy atom. The average molecular weight is 412 g/mol. The normalized spacial score (nSPS) is 16.9. The Morgan fingerprint density at radius 1 is 1.30 bits per heavy atom. The van der Waals surface area contributed by atoms with Crippen LogP contribution in [0.3, 0.4) is 0 Å². The number of sulfonamides is 1. The van der Waals surface area contributed by atoms with Crippen molar-refractivity contribution in [3.05, 3.63) is 27.9 Å². The average Bonchev–Trinajstić information content (AvgIpc) is 2.95. The van der Waals surface area contributed by atoms with Crippen LogP contribution in [-0.2, 0) is 21.4 Å². The van der Waals surface area contributed by atoms with Gasteiger partial charge in [-0.3, -0.25) is 14.2 Å². The van der Waals surface area contributed by atoms with Gasteiger partial charge in [-0.15, -0.1) is 0 Å². The zero-order valence-corrected chi connectivity index (χ0v) is 17.4. The number of amides is 1. The van der Waals surface area contributed by atoms with Gasteiger partial charge in [-0.05, 0) is 51.8 Å². The van der Waals surface area contributed by atoms with E-state index in [9.17, 15) is 18.0 Å². The standard InChI is InChI=1S/C18H25N3O4S2/c1-4-21-15-6-5-14(11-16(15)26-18(21)23)27(24,25)20-9-7-13(8-10-20)17(22)19-12(2)3/h5-6,11-13H,4,7-10H2,1-3H3,(H,19,22). The van der Waals surface area contributed by atoms with Gasteiger partial charge in [0.2, 0.25) is 15.9 Å². The third-order valence-electron chi connectivity index (χ3n) is 4.85. The summed E-state index contributed by atoms with van der Waals surface area (Å²) in [5.74, 6) is -0.153. The van der Waals surface area contributed by atoms with E-state index in [1.54, 1.807) is 22.8 Å². The SMILES string of the molecule is CCn1c(=O)sc2cc(S(=O)(=O)N3CCC(C(=O)NC(C)C)CC3)ccc21. The summed E-state index contributed by atoms with van der Waals surface area (Å²) in [6.45, 7) is 6.90. The number of carbonyl (C=O) groups is 1. The fourth-order valence-corrected chi connectivity index (χ4v) is 5.98. The number of thiazole rings is 1. The molecule has 1 fully saturated rings. The second-order valence-corrected chi connectivity index (χ2v) is 10.0. The van der Waals surface area contributed by atoms with Gasteiger partial charge in [0.25, 0.3) is 0 Å². The minimum Gasteiger partial charge on any atom is -0.354 e. The molecule has 3 rings (SSSR count). The highest BCUT2D eigenvalue weighted by Crippen LogP contribution is 2.27. The van der Waals surface area contributed by atoms with Gasteiger partial charge in [0.05, 0.1) is 15.1 Å². The molecule has 1 aromatic heterocycles. The number of nitrogens with zero attached hydrogens (tertiary/aromatic N) is 2. The van der Waals surface area contributed by atoms with Crippen LogP contribution in [0, 0.1) is 5.92 Å². The van der Waals surface area contributed by atoms with Crippen LogP contribution in [0.1, 0.15) is 33.6 Å². The van der Waals surface area contributed by atoms with Crippen LogP contribution < -0.4 is 10.2 Å². The van der Waals surface area contributed by atoms with Crippen LogP contribution in [0.5, 0.6) is 0 Å². The second kappa shape index (κ2) is 7.73. The highest BCUT2D eigenvalue weighted by Gasteiger charge is 2.32. The lowest BCUT2D eigenvalue weighted by Gasteiger charge is -2.31. The van der Waals surface area contributed by atoms with E-state index in [-0.39, 0.29) is 27.6 Å². The number of fused-ring (bicyclic) bond motifs is 1. The summed E-state index contributed by atoms with van der Waals surface area (Å²) in [5.41, 5.74) is 0.760. The van der Waals surface area contributed by atoms with Crippen LogP contribution in [0.25, 0.3) is 10.2 Å². The largest absolute Gasteiger partial charge is 0.354 e. The Balaban J connectivity index is 1.78. The fourth-order valence-electron chi connectivity index (χ4n) is 3.42. The van der Waals surface area contributed by atoms with Gasteiger partial charge in [0.15, 0.2) is 0 Å². The summed E-state index contributed by atoms with van der Waals surface area (Å²) in [6.07, 6.45) is 1.03. The maximum absolute atomic E-state index is 13.0. The lowest BCUT2D eigenvalue weighted by Crippen LogP contribution is -2.44. The number of aryl methyl sites for hydroxylation is 1. The van der Waals surface area contributed by atoms with Crippen LogP contribution in [0.15, 0.2) is 27.9 Å². The predicted octanol–water partition coefficient (Wildman–Crippen LogP) is 2.01. The van der Waals surface area contributed by atoms with E-state index in [1.807, 2.05) is 20.8 Å². The van der Waals surface area contributed by atoms with E-state index in [1.165, 1.54) is 4.31 Å². The summed E-state index contributed by atoms with van der Waals surface area (Å²) in [7, 11) is -3.64. The Kier molecular flexibility index (Phi) is 5.73. The van der Waals surface area contributed by atoms with E-state index >= 15 is 0 Å². The molecule has 0 radical (unpaired) electrons. The second-order valence-electron chi connectivity index (χ2n) is 7.08. The maximum Gasteiger partial charge on any atom is 0.308 e. The van der Waals surface area contributed by atoms with Gasteiger partial charge in [0.1, 0.15) is 0 Å². The quantitative estimate of drug-likeness (QED) is 0.815. The van der Waals surface area contributed by atoms with E-state index in [2.05, 4.69) is 5.32 Å². The van der Waals surface area contributed by atoms with Gasteiger partial charge in [-0.2, -0.15) is 4.31 Å². The predicted molar refractivity (Wildman–Crippen MR) is 107 cm³/mol. The number of piperidine rings is 1. The van der Waals surface area contributed by atoms with Gasteiger partial charge >= 0.3 is 4.87 Å². The monoisotopic (exact) mass is 411 g/mol. The van der Waals surface area contributed by atoms with Crippen LogP contribution in [0.2, 0.25) is 0 Å². The maximum atomic E-state index is 13.0. The fraction of sp³-hybridized carbons (Fsp3) is 0.556. The summed E-state index contributed by atoms with van der Waals surface area (Å²) < 4.78 is 29.7. The molecule has 2 heterocycles. The molecule has 0 aliphatic carbocycles. The Morgan fingerprint density at radius 3 is 2.56 bits per heavy atom. The summed E-state index contributed by atoms with van der Waals surface area (Å²) in [4.78, 5) is 24.2. The number of benzene rings is 1. The van der Waals surface area contributed by atoms with Gasteiger partial charge < -0.3 is 5.32 Å². The molecule has 1 aliphatic heterocycles. The lowest BCUT2D eigenvalue weighted by atomic mass is 9.97. The van der Waals surface area contributed by atoms with Crippen molar-refractivity contribution >= 4 is 37.5 Å². The summed E-state index contributed by atoms with van der Waals surface area (Å²) >= 11 is 1.06. The van der Waals surface area contributed by atoms with E-state index < -0.39 is 10.0 Å². The minimum absolute atomic E-state index is 0.00542. The molecule has 0 atom stereocenters. The molecule has 1 N–H and O–H groups in total. The number of nitrogens with one attached hydrogen (secondary N) is 1. The van der Waals surface area contributed by atoms with Crippen molar-refractivity contribution in [2.45, 2.75) is 51.1 Å². The van der Waals surface area contributed by atoms with Crippen molar-refractivity contribution in [1.82, 2.24) is 14.2 Å². The number of hydrogen-bond donors (Lipinski definition) is 1. The van der Waals surface area contributed by atoms with Crippen molar-refractivity contribution in [2.24, 2.45) is 5.92 Å². The molecular formula is C18H25N3O4S2. The molecular weight excluding hydrogens is 386 g/mol. The van der Waals surface area contributed by atoms with Crippen LogP contribution >= 0.6 is 11.3 Å². The Hall–Kier alpha value is -1.71. The first-order valence-corrected chi connectivity index (χ1v) is 11.4. The van der Waals surface area contributed by atoms with E-state index in [0.717, 1.165) is 16.9 Å². The highest BCUT2D eigenvalue weighted by molar-refractivity contribution is 7.89. The van der Waals surface area contributed by atoms with Crippen molar-refractivity contribution in [3.8, 4) is 0 Å². The zero-order valence-electron chi connectivity index (χ0n) is 15.8. The van der Waals surface area contributed by atoms with Crippen molar-refractivity contribution in [3.63, 3.8) is 0 Å². The van der Waals surface area contributed by atoms with Crippen molar-refractivity contribution in [1.29, 1.82) is 0 Å². The number of hydrogen-bond acceptors (Lipinski definition) is 5. The molecule has 1 aliphatic rings. The molecule has 0 saturated carbocycles. The number of rotatable bonds is 5. The van der Waals surface area contributed by atoms with Crippen molar-refractivity contribution < 1.29 is 13.2 Å². The first kappa shape index (κ1) is 20.0. The van der Waals surface area contributed by atoms with Gasteiger partial charge in [0, 0.05) is 31.6 Å². The molecule has 27 heavy (non-hydrogen) atoms. The third kappa shape index (κ3) is 3.95. The van der Waals surface area contributed by atoms with Crippen LogP contribution in [-0.4, -0.2) is 42.3 Å². The zero-order chi connectivity index (χ0) is 19.8. The molecule has 0 bridgehead atoms. The molecule has 148 valence electrons. The smallest absolute Gasteiger partial charge is 0.308 e. The summed E-state index contributed by atoms with van der Waals surface area (Å²) in [5, 5.41) is 2.89. The Labute approximate surface area is 163 Å². The van der Waals surface area contributed by atoms with E-state index in [0.29, 0.717) is 37.2 Å². The summed E-state index contributed by atoms with van der Waals surface area (Å²) in [6, 6.07) is 4.93. The van der Waals surface area contributed by atoms with Crippen molar-refractivity contribution in [2.75, 3.05) is 13.1 Å². The molecule has 1 saturated heterocycles. The number of carbonyl (C=O) groups excluding carboxylic acids is 1. The first-order valence-electron chi connectivity index (χ1n) is 9.18. The van der Waals surface area contributed by atoms with Gasteiger partial charge in [-0.25, -0.2) is 8.42 Å². The third-order valence-corrected chi connectivity index (χ3v) is 7.69. The minimum atomic E-state index is -3.64. The molecule has 2 aromatic rings. The molecule has 0 spiro atoms. The molecule has 9 heteroatoms. The molecule has 1 aromatic carbocycles. The van der Waals surface area contributed by atoms with E-state index in [4.69, 9.17) is 0 Å². The molecule has 1 amide bonds. The molecule has 0 unspecified atom stereocenters. The number of aromatic nitrogens is 1. The lowest BCUT2D eigenvalue weighted by molar-refractivity contribution is -0.126. The highest BCUT2D eigenvalue weighted by atomic mass is 32.2. The first-order chi connectivity index (χ1) is 12.7. The topological polar surface area (TPSA) is 88.5 Å². The molecule has 7 nitrogen and oxygen atoms in total. The van der Waals surface area contributed by atoms with Crippen LogP contribution in [0.4, 0.5) is 0 Å². The Bertz CT molecular complexity index is 999. The van der Waals surface area contributed by atoms with Gasteiger partial charge in [-0.1, -0.05) is 11.3 Å².